The third-order valence-electron chi connectivity index (χ3n) is 2.70. The maximum atomic E-state index is 12.0. The zero-order chi connectivity index (χ0) is 11.5. The Labute approximate surface area is 96.7 Å². The molecule has 2 heterocycles. The summed E-state index contributed by atoms with van der Waals surface area (Å²) in [6.07, 6.45) is 1.66. The molecule has 1 unspecified atom stereocenters. The van der Waals surface area contributed by atoms with Gasteiger partial charge < -0.3 is 10.0 Å². The van der Waals surface area contributed by atoms with Crippen molar-refractivity contribution >= 4 is 23.2 Å². The van der Waals surface area contributed by atoms with E-state index in [0.29, 0.717) is 12.2 Å². The van der Waals surface area contributed by atoms with Gasteiger partial charge in [-0.25, -0.2) is 4.98 Å². The van der Waals surface area contributed by atoms with Crippen LogP contribution < -0.4 is 0 Å². The average Bonchev–Trinajstić information content (AvgIpc) is 2.84. The Morgan fingerprint density at radius 3 is 3.06 bits per heavy atom. The number of nitrogens with zero attached hydrogens (tertiary/aromatic N) is 2. The molecule has 0 aliphatic carbocycles. The fourth-order valence-electron chi connectivity index (χ4n) is 1.98. The third-order valence-corrected chi connectivity index (χ3v) is 3.29. The van der Waals surface area contributed by atoms with Crippen LogP contribution in [0, 0.1) is 0 Å². The van der Waals surface area contributed by atoms with Crippen molar-refractivity contribution in [3.8, 4) is 0 Å². The molecule has 1 saturated heterocycles. The normalized spacial score (nSPS) is 20.0. The van der Waals surface area contributed by atoms with Gasteiger partial charge >= 0.3 is 5.97 Å². The van der Waals surface area contributed by atoms with Crippen LogP contribution >= 0.6 is 11.3 Å². The number of hydrogen-bond donors (Lipinski definition) is 1. The standard InChI is InChI=1S/C10H12N2O3S/c13-9(14)4-7-2-1-3-12(7)10(15)8-5-16-6-11-8/h5-7H,1-4H2,(H,13,14). The smallest absolute Gasteiger partial charge is 0.305 e. The summed E-state index contributed by atoms with van der Waals surface area (Å²) in [4.78, 5) is 28.2. The van der Waals surface area contributed by atoms with Crippen molar-refractivity contribution in [2.75, 3.05) is 6.54 Å². The first-order valence-corrected chi connectivity index (χ1v) is 6.03. The van der Waals surface area contributed by atoms with Crippen molar-refractivity contribution in [2.45, 2.75) is 25.3 Å². The second kappa shape index (κ2) is 4.61. The molecule has 1 N–H and O–H groups in total. The van der Waals surface area contributed by atoms with Crippen molar-refractivity contribution < 1.29 is 14.7 Å². The predicted molar refractivity (Wildman–Crippen MR) is 58.4 cm³/mol. The van der Waals surface area contributed by atoms with Crippen LogP contribution in [0.3, 0.4) is 0 Å². The van der Waals surface area contributed by atoms with E-state index >= 15 is 0 Å². The van der Waals surface area contributed by atoms with Gasteiger partial charge in [0.05, 0.1) is 11.9 Å². The molecule has 1 aliphatic heterocycles. The molecule has 5 nitrogen and oxygen atoms in total. The highest BCUT2D eigenvalue weighted by atomic mass is 32.1. The first-order chi connectivity index (χ1) is 7.68. The lowest BCUT2D eigenvalue weighted by Gasteiger charge is -2.22. The van der Waals surface area contributed by atoms with Crippen LogP contribution in [0.5, 0.6) is 0 Å². The SMILES string of the molecule is O=C(O)CC1CCCN1C(=O)c1cscn1. The number of aliphatic carboxylic acids is 1. The summed E-state index contributed by atoms with van der Waals surface area (Å²) < 4.78 is 0. The monoisotopic (exact) mass is 240 g/mol. The molecule has 1 aromatic heterocycles. The van der Waals surface area contributed by atoms with Gasteiger partial charge in [0.2, 0.25) is 0 Å². The molecule has 1 aromatic rings. The minimum Gasteiger partial charge on any atom is -0.481 e. The van der Waals surface area contributed by atoms with Crippen LogP contribution in [0.2, 0.25) is 0 Å². The largest absolute Gasteiger partial charge is 0.481 e. The molecule has 0 bridgehead atoms. The highest BCUT2D eigenvalue weighted by molar-refractivity contribution is 7.07. The number of carbonyl (C=O) groups is 2. The van der Waals surface area contributed by atoms with Crippen molar-refractivity contribution in [1.29, 1.82) is 0 Å². The van der Waals surface area contributed by atoms with E-state index < -0.39 is 5.97 Å². The average molecular weight is 240 g/mol. The van der Waals surface area contributed by atoms with E-state index in [1.165, 1.54) is 11.3 Å². The van der Waals surface area contributed by atoms with E-state index in [9.17, 15) is 9.59 Å². The predicted octanol–water partition coefficient (Wildman–Crippen LogP) is 1.22. The fourth-order valence-corrected chi connectivity index (χ4v) is 2.51. The van der Waals surface area contributed by atoms with Gasteiger partial charge in [0.1, 0.15) is 5.69 Å². The molecule has 0 aromatic carbocycles. The molecule has 6 heteroatoms. The molecule has 1 atom stereocenters. The number of aromatic nitrogens is 1. The van der Waals surface area contributed by atoms with Crippen LogP contribution in [-0.4, -0.2) is 39.5 Å². The minimum absolute atomic E-state index is 0.0237. The molecule has 1 fully saturated rings. The molecule has 16 heavy (non-hydrogen) atoms. The lowest BCUT2D eigenvalue weighted by Crippen LogP contribution is -2.36. The van der Waals surface area contributed by atoms with E-state index in [2.05, 4.69) is 4.98 Å². The van der Waals surface area contributed by atoms with Gasteiger partial charge in [-0.05, 0) is 12.8 Å². The van der Waals surface area contributed by atoms with Gasteiger partial charge in [-0.1, -0.05) is 0 Å². The number of carbonyl (C=O) groups excluding carboxylic acids is 1. The quantitative estimate of drug-likeness (QED) is 0.862. The minimum atomic E-state index is -0.858. The van der Waals surface area contributed by atoms with Crippen LogP contribution in [0.4, 0.5) is 0 Å². The number of carboxylic acids is 1. The summed E-state index contributed by atoms with van der Waals surface area (Å²) >= 11 is 1.37. The van der Waals surface area contributed by atoms with Crippen LogP contribution in [-0.2, 0) is 4.79 Å². The van der Waals surface area contributed by atoms with Gasteiger partial charge in [0.25, 0.3) is 5.91 Å². The Morgan fingerprint density at radius 2 is 2.44 bits per heavy atom. The summed E-state index contributed by atoms with van der Waals surface area (Å²) in [5.41, 5.74) is 2.03. The fraction of sp³-hybridized carbons (Fsp3) is 0.500. The third kappa shape index (κ3) is 2.21. The van der Waals surface area contributed by atoms with E-state index in [0.717, 1.165) is 12.8 Å². The van der Waals surface area contributed by atoms with Gasteiger partial charge in [0, 0.05) is 18.0 Å². The van der Waals surface area contributed by atoms with Crippen LogP contribution in [0.1, 0.15) is 29.8 Å². The second-order valence-electron chi connectivity index (χ2n) is 3.77. The molecular weight excluding hydrogens is 228 g/mol. The summed E-state index contributed by atoms with van der Waals surface area (Å²) in [5, 5.41) is 10.4. The van der Waals surface area contributed by atoms with Crippen LogP contribution in [0.15, 0.2) is 10.9 Å². The molecule has 86 valence electrons. The highest BCUT2D eigenvalue weighted by Gasteiger charge is 2.31. The summed E-state index contributed by atoms with van der Waals surface area (Å²) in [5.74, 6) is -1.01. The number of amides is 1. The molecule has 1 aliphatic rings. The van der Waals surface area contributed by atoms with Crippen molar-refractivity contribution in [3.63, 3.8) is 0 Å². The van der Waals surface area contributed by atoms with E-state index in [-0.39, 0.29) is 18.4 Å². The van der Waals surface area contributed by atoms with E-state index in [1.807, 2.05) is 0 Å². The lowest BCUT2D eigenvalue weighted by molar-refractivity contribution is -0.137. The number of carboxylic acid groups (broad SMARTS) is 1. The first kappa shape index (κ1) is 11.1. The second-order valence-corrected chi connectivity index (χ2v) is 4.48. The van der Waals surface area contributed by atoms with Crippen molar-refractivity contribution in [1.82, 2.24) is 9.88 Å². The zero-order valence-electron chi connectivity index (χ0n) is 8.63. The van der Waals surface area contributed by atoms with E-state index in [1.54, 1.807) is 15.8 Å². The van der Waals surface area contributed by atoms with Gasteiger partial charge in [-0.15, -0.1) is 11.3 Å². The summed E-state index contributed by atoms with van der Waals surface area (Å²) in [7, 11) is 0. The van der Waals surface area contributed by atoms with E-state index in [4.69, 9.17) is 5.11 Å². The Balaban J connectivity index is 2.08. The van der Waals surface area contributed by atoms with Crippen molar-refractivity contribution in [3.05, 3.63) is 16.6 Å². The molecule has 0 spiro atoms. The molecule has 0 saturated carbocycles. The molecule has 2 rings (SSSR count). The topological polar surface area (TPSA) is 70.5 Å². The summed E-state index contributed by atoms with van der Waals surface area (Å²) in [6, 6.07) is -0.174. The molecular formula is C10H12N2O3S. The molecule has 1 amide bonds. The number of rotatable bonds is 3. The zero-order valence-corrected chi connectivity index (χ0v) is 9.44. The summed E-state index contributed by atoms with van der Waals surface area (Å²) in [6.45, 7) is 0.633. The number of thiazole rings is 1. The Kier molecular flexibility index (Phi) is 3.19. The van der Waals surface area contributed by atoms with Gasteiger partial charge in [0.15, 0.2) is 0 Å². The Morgan fingerprint density at radius 1 is 1.62 bits per heavy atom. The maximum absolute atomic E-state index is 12.0. The maximum Gasteiger partial charge on any atom is 0.305 e. The molecule has 0 radical (unpaired) electrons. The van der Waals surface area contributed by atoms with Crippen molar-refractivity contribution in [2.24, 2.45) is 0 Å². The highest BCUT2D eigenvalue weighted by Crippen LogP contribution is 2.22. The van der Waals surface area contributed by atoms with Crippen LogP contribution in [0.25, 0.3) is 0 Å². The Bertz CT molecular complexity index is 391. The van der Waals surface area contributed by atoms with Gasteiger partial charge in [-0.3, -0.25) is 9.59 Å². The Hall–Kier alpha value is -1.43. The lowest BCUT2D eigenvalue weighted by atomic mass is 10.1. The number of hydrogen-bond acceptors (Lipinski definition) is 4. The first-order valence-electron chi connectivity index (χ1n) is 5.09. The van der Waals surface area contributed by atoms with Gasteiger partial charge in [-0.2, -0.15) is 0 Å². The number of likely N-dealkylation sites (tertiary alicyclic amines) is 1.